The number of hydrogen-bond donors (Lipinski definition) is 1. The monoisotopic (exact) mass is 378 g/mol. The van der Waals surface area contributed by atoms with Crippen LogP contribution in [0.1, 0.15) is 21.7 Å². The Morgan fingerprint density at radius 3 is 2.76 bits per heavy atom. The summed E-state index contributed by atoms with van der Waals surface area (Å²) >= 11 is 11.9. The van der Waals surface area contributed by atoms with Crippen LogP contribution in [0.25, 0.3) is 5.69 Å². The van der Waals surface area contributed by atoms with E-state index in [1.165, 1.54) is 22.9 Å². The van der Waals surface area contributed by atoms with Gasteiger partial charge in [-0.05, 0) is 42.8 Å². The van der Waals surface area contributed by atoms with Crippen molar-refractivity contribution in [2.75, 3.05) is 0 Å². The molecule has 0 aliphatic rings. The zero-order valence-electron chi connectivity index (χ0n) is 13.1. The smallest absolute Gasteiger partial charge is 0.274 e. The van der Waals surface area contributed by atoms with Gasteiger partial charge in [-0.3, -0.25) is 4.79 Å². The molecular formula is C17H13Cl2FN4O. The van der Waals surface area contributed by atoms with Crippen molar-refractivity contribution in [2.24, 2.45) is 0 Å². The summed E-state index contributed by atoms with van der Waals surface area (Å²) in [6.07, 6.45) is 0. The van der Waals surface area contributed by atoms with Crippen molar-refractivity contribution in [3.8, 4) is 5.69 Å². The highest BCUT2D eigenvalue weighted by molar-refractivity contribution is 6.31. The maximum absolute atomic E-state index is 13.1. The first-order chi connectivity index (χ1) is 12.0. The Hall–Kier alpha value is -2.44. The second-order valence-corrected chi connectivity index (χ2v) is 6.18. The molecule has 1 heterocycles. The molecule has 0 spiro atoms. The molecule has 0 aliphatic heterocycles. The summed E-state index contributed by atoms with van der Waals surface area (Å²) < 4.78 is 14.6. The molecule has 3 rings (SSSR count). The molecule has 0 saturated carbocycles. The van der Waals surface area contributed by atoms with Gasteiger partial charge in [0.25, 0.3) is 5.91 Å². The molecule has 0 bridgehead atoms. The zero-order chi connectivity index (χ0) is 18.0. The van der Waals surface area contributed by atoms with E-state index in [0.29, 0.717) is 22.0 Å². The Balaban J connectivity index is 1.77. The summed E-state index contributed by atoms with van der Waals surface area (Å²) in [6.45, 7) is 1.89. The van der Waals surface area contributed by atoms with Gasteiger partial charge >= 0.3 is 0 Å². The van der Waals surface area contributed by atoms with Crippen molar-refractivity contribution in [1.82, 2.24) is 20.3 Å². The van der Waals surface area contributed by atoms with E-state index in [-0.39, 0.29) is 17.3 Å². The number of nitrogens with zero attached hydrogens (tertiary/aromatic N) is 3. The minimum Gasteiger partial charge on any atom is -0.346 e. The average Bonchev–Trinajstić information content (AvgIpc) is 2.95. The molecule has 3 aromatic rings. The van der Waals surface area contributed by atoms with Crippen molar-refractivity contribution in [3.05, 3.63) is 75.3 Å². The third kappa shape index (κ3) is 3.81. The van der Waals surface area contributed by atoms with Crippen LogP contribution in [0.4, 0.5) is 4.39 Å². The molecule has 0 fully saturated rings. The lowest BCUT2D eigenvalue weighted by atomic mass is 10.2. The number of carbonyl (C=O) groups is 1. The number of hydrogen-bond acceptors (Lipinski definition) is 3. The number of rotatable bonds is 4. The van der Waals surface area contributed by atoms with Gasteiger partial charge < -0.3 is 5.32 Å². The standard InChI is InChI=1S/C17H13Cl2FN4O/c1-10-16(22-23-24(10)14-4-2-3-12(18)7-14)17(25)21-9-11-5-6-13(20)8-15(11)19/h2-8H,9H2,1H3,(H,21,25). The molecule has 1 amide bonds. The maximum Gasteiger partial charge on any atom is 0.274 e. The fourth-order valence-corrected chi connectivity index (χ4v) is 2.73. The molecule has 0 aliphatic carbocycles. The Kier molecular flexibility index (Phi) is 5.01. The van der Waals surface area contributed by atoms with E-state index in [0.717, 1.165) is 0 Å². The van der Waals surface area contributed by atoms with Gasteiger partial charge in [-0.1, -0.05) is 40.5 Å². The predicted molar refractivity (Wildman–Crippen MR) is 93.7 cm³/mol. The van der Waals surface area contributed by atoms with Gasteiger partial charge in [0, 0.05) is 16.6 Å². The lowest BCUT2D eigenvalue weighted by Crippen LogP contribution is -2.24. The predicted octanol–water partition coefficient (Wildman–Crippen LogP) is 3.95. The van der Waals surface area contributed by atoms with Crippen LogP contribution >= 0.6 is 23.2 Å². The Labute approximate surface area is 153 Å². The Bertz CT molecular complexity index is 942. The molecule has 1 aromatic heterocycles. The summed E-state index contributed by atoms with van der Waals surface area (Å²) in [4.78, 5) is 12.4. The van der Waals surface area contributed by atoms with Crippen molar-refractivity contribution >= 4 is 29.1 Å². The number of amides is 1. The first kappa shape index (κ1) is 17.4. The second kappa shape index (κ2) is 7.21. The van der Waals surface area contributed by atoms with E-state index in [1.807, 2.05) is 6.07 Å². The van der Waals surface area contributed by atoms with Gasteiger partial charge in [0.1, 0.15) is 5.82 Å². The van der Waals surface area contributed by atoms with E-state index >= 15 is 0 Å². The third-order valence-electron chi connectivity index (χ3n) is 3.62. The van der Waals surface area contributed by atoms with Crippen LogP contribution < -0.4 is 5.32 Å². The van der Waals surface area contributed by atoms with Crippen LogP contribution in [0, 0.1) is 12.7 Å². The molecule has 2 aromatic carbocycles. The summed E-state index contributed by atoms with van der Waals surface area (Å²) in [6, 6.07) is 11.1. The number of benzene rings is 2. The lowest BCUT2D eigenvalue weighted by Gasteiger charge is -2.07. The van der Waals surface area contributed by atoms with Crippen LogP contribution in [0.15, 0.2) is 42.5 Å². The summed E-state index contributed by atoms with van der Waals surface area (Å²) in [5.41, 5.74) is 2.08. The van der Waals surface area contributed by atoms with Crippen molar-refractivity contribution in [3.63, 3.8) is 0 Å². The third-order valence-corrected chi connectivity index (χ3v) is 4.20. The minimum absolute atomic E-state index is 0.154. The van der Waals surface area contributed by atoms with Gasteiger partial charge in [-0.15, -0.1) is 5.10 Å². The minimum atomic E-state index is -0.430. The van der Waals surface area contributed by atoms with Crippen LogP contribution in [-0.4, -0.2) is 20.9 Å². The second-order valence-electron chi connectivity index (χ2n) is 5.33. The molecule has 1 N–H and O–H groups in total. The topological polar surface area (TPSA) is 59.8 Å². The zero-order valence-corrected chi connectivity index (χ0v) is 14.6. The molecule has 0 radical (unpaired) electrons. The Morgan fingerprint density at radius 1 is 1.24 bits per heavy atom. The maximum atomic E-state index is 13.1. The highest BCUT2D eigenvalue weighted by atomic mass is 35.5. The van der Waals surface area contributed by atoms with E-state index in [2.05, 4.69) is 15.6 Å². The summed E-state index contributed by atoms with van der Waals surface area (Å²) in [5.74, 6) is -0.827. The lowest BCUT2D eigenvalue weighted by molar-refractivity contribution is 0.0945. The molecule has 0 atom stereocenters. The van der Waals surface area contributed by atoms with Crippen molar-refractivity contribution in [2.45, 2.75) is 13.5 Å². The number of nitrogens with one attached hydrogen (secondary N) is 1. The molecule has 0 unspecified atom stereocenters. The molecule has 5 nitrogen and oxygen atoms in total. The molecule has 25 heavy (non-hydrogen) atoms. The van der Waals surface area contributed by atoms with Gasteiger partial charge in [0.05, 0.1) is 11.4 Å². The Morgan fingerprint density at radius 2 is 2.04 bits per heavy atom. The molecule has 0 saturated heterocycles. The molecule has 128 valence electrons. The van der Waals surface area contributed by atoms with Crippen LogP contribution in [0.2, 0.25) is 10.0 Å². The van der Waals surface area contributed by atoms with Crippen LogP contribution in [0.5, 0.6) is 0 Å². The summed E-state index contributed by atoms with van der Waals surface area (Å²) in [7, 11) is 0. The van der Waals surface area contributed by atoms with Gasteiger partial charge in [-0.2, -0.15) is 0 Å². The van der Waals surface area contributed by atoms with Crippen molar-refractivity contribution < 1.29 is 9.18 Å². The van der Waals surface area contributed by atoms with Gasteiger partial charge in [0.2, 0.25) is 0 Å². The first-order valence-corrected chi connectivity index (χ1v) is 8.11. The van der Waals surface area contributed by atoms with E-state index in [9.17, 15) is 9.18 Å². The highest BCUT2D eigenvalue weighted by Crippen LogP contribution is 2.18. The van der Waals surface area contributed by atoms with E-state index in [4.69, 9.17) is 23.2 Å². The summed E-state index contributed by atoms with van der Waals surface area (Å²) in [5, 5.41) is 11.5. The highest BCUT2D eigenvalue weighted by Gasteiger charge is 2.17. The van der Waals surface area contributed by atoms with Crippen LogP contribution in [0.3, 0.4) is 0 Å². The average molecular weight is 379 g/mol. The fourth-order valence-electron chi connectivity index (χ4n) is 2.32. The fraction of sp³-hybridized carbons (Fsp3) is 0.118. The normalized spacial score (nSPS) is 10.7. The largest absolute Gasteiger partial charge is 0.346 e. The van der Waals surface area contributed by atoms with Gasteiger partial charge in [0.15, 0.2) is 5.69 Å². The number of halogens is 3. The van der Waals surface area contributed by atoms with Gasteiger partial charge in [-0.25, -0.2) is 9.07 Å². The number of carbonyl (C=O) groups excluding carboxylic acids is 1. The van der Waals surface area contributed by atoms with Crippen molar-refractivity contribution in [1.29, 1.82) is 0 Å². The van der Waals surface area contributed by atoms with E-state index < -0.39 is 11.7 Å². The SMILES string of the molecule is Cc1c(C(=O)NCc2ccc(F)cc2Cl)nnn1-c1cccc(Cl)c1. The molecular weight excluding hydrogens is 366 g/mol. The van der Waals surface area contributed by atoms with Crippen LogP contribution in [-0.2, 0) is 6.54 Å². The first-order valence-electron chi connectivity index (χ1n) is 7.36. The quantitative estimate of drug-likeness (QED) is 0.747. The van der Waals surface area contributed by atoms with E-state index in [1.54, 1.807) is 25.1 Å². The number of aromatic nitrogens is 3. The molecule has 8 heteroatoms.